The first-order valence-electron chi connectivity index (χ1n) is 4.47. The highest BCUT2D eigenvalue weighted by atomic mass is 14.9. The molecule has 1 fully saturated rings. The number of rotatable bonds is 3. The van der Waals surface area contributed by atoms with Crippen molar-refractivity contribution in [3.8, 4) is 0 Å². The monoisotopic (exact) mass is 141 g/mol. The quantitative estimate of drug-likeness (QED) is 0.635. The topological polar surface area (TPSA) is 12.0 Å². The van der Waals surface area contributed by atoms with E-state index in [1.807, 2.05) is 0 Å². The molecule has 1 nitrogen and oxygen atoms in total. The fourth-order valence-electron chi connectivity index (χ4n) is 1.83. The third kappa shape index (κ3) is 1.98. The molecule has 1 heteroatoms. The van der Waals surface area contributed by atoms with Crippen LogP contribution in [-0.2, 0) is 0 Å². The van der Waals surface area contributed by atoms with Gasteiger partial charge in [-0.05, 0) is 24.8 Å². The molecule has 0 bridgehead atoms. The lowest BCUT2D eigenvalue weighted by atomic mass is 9.89. The van der Waals surface area contributed by atoms with Crippen LogP contribution in [-0.4, -0.2) is 13.1 Å². The summed E-state index contributed by atoms with van der Waals surface area (Å²) in [6.45, 7) is 6.93. The standard InChI is InChI=1S/C9H19N/c1-3-10-8-9(2)6-4-5-7-9/h10H,3-8H2,1-2H3. The first-order valence-corrected chi connectivity index (χ1v) is 4.47. The van der Waals surface area contributed by atoms with Crippen molar-refractivity contribution in [1.82, 2.24) is 5.32 Å². The van der Waals surface area contributed by atoms with Crippen LogP contribution in [0.2, 0.25) is 0 Å². The van der Waals surface area contributed by atoms with Gasteiger partial charge in [-0.1, -0.05) is 26.7 Å². The van der Waals surface area contributed by atoms with Gasteiger partial charge in [0.05, 0.1) is 0 Å². The van der Waals surface area contributed by atoms with Gasteiger partial charge in [0, 0.05) is 6.54 Å². The second kappa shape index (κ2) is 3.38. The minimum atomic E-state index is 0.635. The highest BCUT2D eigenvalue weighted by Crippen LogP contribution is 2.36. The van der Waals surface area contributed by atoms with Crippen molar-refractivity contribution < 1.29 is 0 Å². The van der Waals surface area contributed by atoms with E-state index in [0.29, 0.717) is 5.41 Å². The lowest BCUT2D eigenvalue weighted by molar-refractivity contribution is 0.318. The molecule has 0 aromatic carbocycles. The Morgan fingerprint density at radius 3 is 2.40 bits per heavy atom. The fourth-order valence-corrected chi connectivity index (χ4v) is 1.83. The van der Waals surface area contributed by atoms with Gasteiger partial charge in [-0.3, -0.25) is 0 Å². The van der Waals surface area contributed by atoms with Crippen LogP contribution >= 0.6 is 0 Å². The summed E-state index contributed by atoms with van der Waals surface area (Å²) in [6.07, 6.45) is 5.75. The van der Waals surface area contributed by atoms with Crippen molar-refractivity contribution in [2.75, 3.05) is 13.1 Å². The molecule has 1 aliphatic carbocycles. The smallest absolute Gasteiger partial charge is 0.000504 e. The molecule has 0 heterocycles. The Kier molecular flexibility index (Phi) is 2.72. The van der Waals surface area contributed by atoms with E-state index in [4.69, 9.17) is 0 Å². The van der Waals surface area contributed by atoms with E-state index in [9.17, 15) is 0 Å². The molecule has 60 valence electrons. The first-order chi connectivity index (χ1) is 4.77. The zero-order valence-corrected chi connectivity index (χ0v) is 7.24. The van der Waals surface area contributed by atoms with E-state index in [1.165, 1.54) is 32.2 Å². The van der Waals surface area contributed by atoms with Crippen molar-refractivity contribution in [1.29, 1.82) is 0 Å². The molecule has 0 spiro atoms. The lowest BCUT2D eigenvalue weighted by Crippen LogP contribution is -2.29. The number of hydrogen-bond donors (Lipinski definition) is 1. The van der Waals surface area contributed by atoms with Crippen LogP contribution in [0.15, 0.2) is 0 Å². The Balaban J connectivity index is 2.22. The van der Waals surface area contributed by atoms with Crippen molar-refractivity contribution >= 4 is 0 Å². The van der Waals surface area contributed by atoms with Crippen molar-refractivity contribution in [3.63, 3.8) is 0 Å². The second-order valence-electron chi connectivity index (χ2n) is 3.80. The van der Waals surface area contributed by atoms with Crippen LogP contribution in [0.1, 0.15) is 39.5 Å². The average molecular weight is 141 g/mol. The maximum Gasteiger partial charge on any atom is 0.000504 e. The SMILES string of the molecule is CCNCC1(C)CCCC1. The van der Waals surface area contributed by atoms with Gasteiger partial charge in [0.2, 0.25) is 0 Å². The zero-order chi connectivity index (χ0) is 7.45. The van der Waals surface area contributed by atoms with Crippen molar-refractivity contribution in [2.24, 2.45) is 5.41 Å². The van der Waals surface area contributed by atoms with Gasteiger partial charge >= 0.3 is 0 Å². The Morgan fingerprint density at radius 1 is 1.30 bits per heavy atom. The summed E-state index contributed by atoms with van der Waals surface area (Å²) in [6, 6.07) is 0. The molecule has 0 saturated heterocycles. The third-order valence-electron chi connectivity index (χ3n) is 2.61. The summed E-state index contributed by atoms with van der Waals surface area (Å²) < 4.78 is 0. The van der Waals surface area contributed by atoms with Crippen LogP contribution in [0.3, 0.4) is 0 Å². The minimum absolute atomic E-state index is 0.635. The Labute approximate surface area is 64.2 Å². The summed E-state index contributed by atoms with van der Waals surface area (Å²) in [7, 11) is 0. The molecule has 0 atom stereocenters. The van der Waals surface area contributed by atoms with E-state index < -0.39 is 0 Å². The van der Waals surface area contributed by atoms with Gasteiger partial charge in [-0.2, -0.15) is 0 Å². The Morgan fingerprint density at radius 2 is 1.90 bits per heavy atom. The van der Waals surface area contributed by atoms with E-state index in [0.717, 1.165) is 6.54 Å². The maximum absolute atomic E-state index is 3.43. The lowest BCUT2D eigenvalue weighted by Gasteiger charge is -2.23. The van der Waals surface area contributed by atoms with Gasteiger partial charge in [0.25, 0.3) is 0 Å². The normalized spacial score (nSPS) is 23.4. The van der Waals surface area contributed by atoms with E-state index in [2.05, 4.69) is 19.2 Å². The maximum atomic E-state index is 3.43. The molecular formula is C9H19N. The molecule has 0 aromatic heterocycles. The van der Waals surface area contributed by atoms with Crippen LogP contribution in [0.4, 0.5) is 0 Å². The summed E-state index contributed by atoms with van der Waals surface area (Å²) in [5.41, 5.74) is 0.635. The largest absolute Gasteiger partial charge is 0.316 e. The van der Waals surface area contributed by atoms with Crippen LogP contribution in [0.25, 0.3) is 0 Å². The predicted molar refractivity (Wildman–Crippen MR) is 45.1 cm³/mol. The molecule has 0 unspecified atom stereocenters. The molecule has 0 aliphatic heterocycles. The number of nitrogens with one attached hydrogen (secondary N) is 1. The zero-order valence-electron chi connectivity index (χ0n) is 7.24. The Hall–Kier alpha value is -0.0400. The molecule has 1 saturated carbocycles. The highest BCUT2D eigenvalue weighted by Gasteiger charge is 2.27. The van der Waals surface area contributed by atoms with Crippen LogP contribution in [0.5, 0.6) is 0 Å². The summed E-state index contributed by atoms with van der Waals surface area (Å²) >= 11 is 0. The fraction of sp³-hybridized carbons (Fsp3) is 1.00. The number of hydrogen-bond acceptors (Lipinski definition) is 1. The van der Waals surface area contributed by atoms with E-state index >= 15 is 0 Å². The van der Waals surface area contributed by atoms with Gasteiger partial charge < -0.3 is 5.32 Å². The predicted octanol–water partition coefficient (Wildman–Crippen LogP) is 2.18. The molecule has 1 N–H and O–H groups in total. The molecule has 1 aliphatic rings. The van der Waals surface area contributed by atoms with E-state index in [-0.39, 0.29) is 0 Å². The Bertz CT molecular complexity index is 92.9. The van der Waals surface area contributed by atoms with Gasteiger partial charge in [-0.15, -0.1) is 0 Å². The average Bonchev–Trinajstić information content (AvgIpc) is 2.33. The summed E-state index contributed by atoms with van der Waals surface area (Å²) in [5.74, 6) is 0. The van der Waals surface area contributed by atoms with Crippen LogP contribution in [0, 0.1) is 5.41 Å². The van der Waals surface area contributed by atoms with E-state index in [1.54, 1.807) is 0 Å². The summed E-state index contributed by atoms with van der Waals surface area (Å²) in [4.78, 5) is 0. The molecule has 0 radical (unpaired) electrons. The first kappa shape index (κ1) is 8.06. The van der Waals surface area contributed by atoms with Crippen LogP contribution < -0.4 is 5.32 Å². The molecular weight excluding hydrogens is 122 g/mol. The minimum Gasteiger partial charge on any atom is -0.316 e. The molecule has 0 aromatic rings. The highest BCUT2D eigenvalue weighted by molar-refractivity contribution is 4.81. The van der Waals surface area contributed by atoms with Crippen molar-refractivity contribution in [3.05, 3.63) is 0 Å². The molecule has 0 amide bonds. The molecule has 1 rings (SSSR count). The van der Waals surface area contributed by atoms with Gasteiger partial charge in [0.15, 0.2) is 0 Å². The molecule has 10 heavy (non-hydrogen) atoms. The van der Waals surface area contributed by atoms with Crippen molar-refractivity contribution in [2.45, 2.75) is 39.5 Å². The summed E-state index contributed by atoms with van der Waals surface area (Å²) in [5, 5.41) is 3.43. The van der Waals surface area contributed by atoms with Gasteiger partial charge in [-0.25, -0.2) is 0 Å². The second-order valence-corrected chi connectivity index (χ2v) is 3.80. The van der Waals surface area contributed by atoms with Gasteiger partial charge in [0.1, 0.15) is 0 Å². The third-order valence-corrected chi connectivity index (χ3v) is 2.61.